The molecule has 0 aliphatic carbocycles. The molecule has 1 atom stereocenters. The lowest BCUT2D eigenvalue weighted by atomic mass is 10.1. The fourth-order valence-corrected chi connectivity index (χ4v) is 3.71. The molecule has 4 rings (SSSR count). The summed E-state index contributed by atoms with van der Waals surface area (Å²) < 4.78 is 27.1. The molecule has 9 nitrogen and oxygen atoms in total. The Labute approximate surface area is 200 Å². The number of hydrogen-bond acceptors (Lipinski definition) is 7. The minimum Gasteiger partial charge on any atom is -0.479 e. The molecule has 0 aliphatic rings. The van der Waals surface area contributed by atoms with Crippen LogP contribution in [0.5, 0.6) is 5.88 Å². The number of carbonyl (C=O) groups excluding carboxylic acids is 1. The molecule has 174 valence electrons. The Hall–Kier alpha value is -3.18. The average Bonchev–Trinajstić information content (AvgIpc) is 3.38. The number of aryl methyl sites for hydroxylation is 1. The molecule has 4 aromatic rings. The Balaban J connectivity index is 0.00000306. The van der Waals surface area contributed by atoms with E-state index in [1.165, 1.54) is 36.3 Å². The first kappa shape index (κ1) is 24.5. The SMILES string of the molecule is CCOC(=O)c1cnn(-c2nc(OC)c3c(n2)c(C)nn3[C@@H](C)c2ccc(F)cc2Cl)c1.S. The number of hydrogen-bond donors (Lipinski definition) is 0. The minimum atomic E-state index is -0.485. The fraction of sp³-hybridized carbons (Fsp3) is 0.286. The van der Waals surface area contributed by atoms with Crippen LogP contribution < -0.4 is 4.74 Å². The molecule has 33 heavy (non-hydrogen) atoms. The van der Waals surface area contributed by atoms with Gasteiger partial charge in [0.15, 0.2) is 0 Å². The molecule has 0 amide bonds. The van der Waals surface area contributed by atoms with E-state index in [4.69, 9.17) is 21.1 Å². The third-order valence-corrected chi connectivity index (χ3v) is 5.27. The predicted molar refractivity (Wildman–Crippen MR) is 125 cm³/mol. The highest BCUT2D eigenvalue weighted by Crippen LogP contribution is 2.33. The van der Waals surface area contributed by atoms with Crippen molar-refractivity contribution in [2.75, 3.05) is 13.7 Å². The zero-order valence-electron chi connectivity index (χ0n) is 18.3. The third kappa shape index (κ3) is 4.51. The van der Waals surface area contributed by atoms with Crippen LogP contribution in [0.2, 0.25) is 5.02 Å². The molecule has 0 spiro atoms. The largest absolute Gasteiger partial charge is 0.479 e. The minimum absolute atomic E-state index is 0. The topological polar surface area (TPSA) is 96.9 Å². The highest BCUT2D eigenvalue weighted by Gasteiger charge is 2.23. The summed E-state index contributed by atoms with van der Waals surface area (Å²) in [5, 5.41) is 9.06. The maximum atomic E-state index is 13.5. The second kappa shape index (κ2) is 9.75. The summed E-state index contributed by atoms with van der Waals surface area (Å²) in [6.45, 7) is 5.68. The fourth-order valence-electron chi connectivity index (χ4n) is 3.39. The second-order valence-electron chi connectivity index (χ2n) is 7.00. The molecular formula is C21H22ClFN6O3S. The first-order valence-electron chi connectivity index (χ1n) is 9.82. The van der Waals surface area contributed by atoms with Gasteiger partial charge in [0.25, 0.3) is 5.95 Å². The molecule has 0 radical (unpaired) electrons. The Bertz CT molecular complexity index is 1330. The molecule has 0 saturated carbocycles. The normalized spacial score (nSPS) is 11.8. The van der Waals surface area contributed by atoms with Crippen LogP contribution in [-0.2, 0) is 4.74 Å². The van der Waals surface area contributed by atoms with E-state index in [1.807, 2.05) is 6.92 Å². The maximum absolute atomic E-state index is 13.5. The van der Waals surface area contributed by atoms with Gasteiger partial charge in [-0.2, -0.15) is 28.7 Å². The predicted octanol–water partition coefficient (Wildman–Crippen LogP) is 4.02. The van der Waals surface area contributed by atoms with Crippen molar-refractivity contribution in [3.63, 3.8) is 0 Å². The molecule has 0 aliphatic heterocycles. The first-order chi connectivity index (χ1) is 15.3. The van der Waals surface area contributed by atoms with Crippen molar-refractivity contribution in [1.82, 2.24) is 29.5 Å². The van der Waals surface area contributed by atoms with Gasteiger partial charge in [0.05, 0.1) is 37.2 Å². The smallest absolute Gasteiger partial charge is 0.341 e. The number of rotatable bonds is 6. The van der Waals surface area contributed by atoms with E-state index >= 15 is 0 Å². The molecular weight excluding hydrogens is 471 g/mol. The number of carbonyl (C=O) groups is 1. The summed E-state index contributed by atoms with van der Waals surface area (Å²) in [7, 11) is 1.49. The monoisotopic (exact) mass is 492 g/mol. The number of benzene rings is 1. The summed E-state index contributed by atoms with van der Waals surface area (Å²) in [4.78, 5) is 21.0. The standard InChI is InChI=1S/C21H20ClFN6O3.H2S/c1-5-32-20(30)13-9-24-28(10-13)21-25-17-11(2)27-29(18(17)19(26-21)31-4)12(3)15-7-6-14(23)8-16(15)22;/h6-10,12H,5H2,1-4H3;1H2/t12-;/m0./s1. The summed E-state index contributed by atoms with van der Waals surface area (Å²) in [5.74, 6) is -0.427. The van der Waals surface area contributed by atoms with Crippen molar-refractivity contribution < 1.29 is 18.7 Å². The van der Waals surface area contributed by atoms with Crippen LogP contribution in [0.4, 0.5) is 4.39 Å². The molecule has 1 aromatic carbocycles. The lowest BCUT2D eigenvalue weighted by molar-refractivity contribution is 0.0526. The summed E-state index contributed by atoms with van der Waals surface area (Å²) in [6.07, 6.45) is 2.87. The van der Waals surface area contributed by atoms with E-state index in [2.05, 4.69) is 20.2 Å². The number of nitrogens with zero attached hydrogens (tertiary/aromatic N) is 6. The summed E-state index contributed by atoms with van der Waals surface area (Å²) >= 11 is 6.27. The van der Waals surface area contributed by atoms with Crippen molar-refractivity contribution >= 4 is 42.1 Å². The van der Waals surface area contributed by atoms with Crippen LogP contribution in [0.25, 0.3) is 17.0 Å². The summed E-state index contributed by atoms with van der Waals surface area (Å²) in [6, 6.07) is 3.88. The van der Waals surface area contributed by atoms with Crippen LogP contribution in [0.15, 0.2) is 30.6 Å². The molecule has 12 heteroatoms. The van der Waals surface area contributed by atoms with Crippen molar-refractivity contribution in [3.8, 4) is 11.8 Å². The van der Waals surface area contributed by atoms with E-state index in [0.717, 1.165) is 0 Å². The van der Waals surface area contributed by atoms with Gasteiger partial charge in [0, 0.05) is 11.2 Å². The van der Waals surface area contributed by atoms with Crippen LogP contribution >= 0.6 is 25.1 Å². The van der Waals surface area contributed by atoms with Crippen LogP contribution in [0.1, 0.15) is 41.5 Å². The molecule has 3 aromatic heterocycles. The zero-order valence-corrected chi connectivity index (χ0v) is 20.1. The van der Waals surface area contributed by atoms with Gasteiger partial charge in [-0.15, -0.1) is 0 Å². The van der Waals surface area contributed by atoms with E-state index in [-0.39, 0.29) is 43.5 Å². The lowest BCUT2D eigenvalue weighted by Gasteiger charge is -2.16. The number of halogens is 2. The van der Waals surface area contributed by atoms with Gasteiger partial charge in [-0.3, -0.25) is 4.68 Å². The van der Waals surface area contributed by atoms with Crippen LogP contribution in [0.3, 0.4) is 0 Å². The van der Waals surface area contributed by atoms with Gasteiger partial charge in [0.2, 0.25) is 5.88 Å². The van der Waals surface area contributed by atoms with Crippen LogP contribution in [-0.4, -0.2) is 49.2 Å². The molecule has 0 saturated heterocycles. The zero-order chi connectivity index (χ0) is 23.0. The van der Waals surface area contributed by atoms with Gasteiger partial charge in [-0.1, -0.05) is 17.7 Å². The Morgan fingerprint density at radius 2 is 2.06 bits per heavy atom. The molecule has 3 heterocycles. The third-order valence-electron chi connectivity index (χ3n) is 4.94. The van der Waals surface area contributed by atoms with Crippen LogP contribution in [0, 0.1) is 12.7 Å². The Morgan fingerprint density at radius 1 is 1.30 bits per heavy atom. The first-order valence-corrected chi connectivity index (χ1v) is 10.2. The lowest BCUT2D eigenvalue weighted by Crippen LogP contribution is -2.11. The van der Waals surface area contributed by atoms with E-state index in [1.54, 1.807) is 24.6 Å². The molecule has 0 bridgehead atoms. The van der Waals surface area contributed by atoms with Crippen molar-refractivity contribution in [2.45, 2.75) is 26.8 Å². The molecule has 0 fully saturated rings. The number of esters is 1. The molecule has 0 N–H and O–H groups in total. The number of methoxy groups -OCH3 is 1. The maximum Gasteiger partial charge on any atom is 0.341 e. The Kier molecular flexibility index (Phi) is 7.23. The van der Waals surface area contributed by atoms with Gasteiger partial charge in [0.1, 0.15) is 16.9 Å². The Morgan fingerprint density at radius 3 is 2.73 bits per heavy atom. The quantitative estimate of drug-likeness (QED) is 0.375. The average molecular weight is 493 g/mol. The van der Waals surface area contributed by atoms with Crippen molar-refractivity contribution in [1.29, 1.82) is 0 Å². The van der Waals surface area contributed by atoms with Gasteiger partial charge in [-0.25, -0.2) is 18.9 Å². The van der Waals surface area contributed by atoms with Crippen molar-refractivity contribution in [2.24, 2.45) is 0 Å². The highest BCUT2D eigenvalue weighted by molar-refractivity contribution is 7.59. The molecule has 0 unspecified atom stereocenters. The summed E-state index contributed by atoms with van der Waals surface area (Å²) in [5.41, 5.74) is 2.70. The number of ether oxygens (including phenoxy) is 2. The van der Waals surface area contributed by atoms with E-state index in [9.17, 15) is 9.18 Å². The van der Waals surface area contributed by atoms with Gasteiger partial charge < -0.3 is 9.47 Å². The van der Waals surface area contributed by atoms with Gasteiger partial charge >= 0.3 is 5.97 Å². The highest BCUT2D eigenvalue weighted by atomic mass is 35.5. The number of aromatic nitrogens is 6. The second-order valence-corrected chi connectivity index (χ2v) is 7.40. The van der Waals surface area contributed by atoms with E-state index in [0.29, 0.717) is 27.3 Å². The van der Waals surface area contributed by atoms with Crippen molar-refractivity contribution in [3.05, 3.63) is 58.3 Å². The van der Waals surface area contributed by atoms with E-state index < -0.39 is 11.8 Å². The number of fused-ring (bicyclic) bond motifs is 1. The van der Waals surface area contributed by atoms with Gasteiger partial charge in [-0.05, 0) is 38.5 Å².